The van der Waals surface area contributed by atoms with Crippen molar-refractivity contribution in [3.63, 3.8) is 0 Å². The lowest BCUT2D eigenvalue weighted by molar-refractivity contribution is -0.138. The smallest absolute Gasteiger partial charge is 0.293 e. The van der Waals surface area contributed by atoms with Gasteiger partial charge in [0.15, 0.2) is 0 Å². The molecule has 1 aliphatic carbocycles. The Bertz CT molecular complexity index is 721. The van der Waals surface area contributed by atoms with Crippen LogP contribution in [-0.2, 0) is 9.53 Å². The third-order valence-corrected chi connectivity index (χ3v) is 5.39. The Hall–Kier alpha value is -1.29. The summed E-state index contributed by atoms with van der Waals surface area (Å²) in [4.78, 5) is 9.60. The molecule has 0 unspecified atom stereocenters. The van der Waals surface area contributed by atoms with Crippen molar-refractivity contribution >= 4 is 33.3 Å². The Balaban J connectivity index is 0.000000193. The van der Waals surface area contributed by atoms with Gasteiger partial charge in [0.2, 0.25) is 0 Å². The summed E-state index contributed by atoms with van der Waals surface area (Å²) in [5, 5.41) is 1.48. The Labute approximate surface area is 146 Å². The molecule has 2 aliphatic heterocycles. The molecule has 5 rings (SSSR count). The molecule has 0 N–H and O–H groups in total. The lowest BCUT2D eigenvalue weighted by atomic mass is 9.84. The number of hydrogen-bond donors (Lipinski definition) is 0. The third kappa shape index (κ3) is 3.18. The first-order valence-electron chi connectivity index (χ1n) is 8.38. The maximum absolute atomic E-state index is 9.60. The molecule has 124 valence electrons. The average Bonchev–Trinajstić information content (AvgIpc) is 2.61. The van der Waals surface area contributed by atoms with Crippen molar-refractivity contribution in [3.8, 4) is 5.69 Å². The standard InChI is InChI=1S/C14H14BrN.C5H10O2/c15-14-13(9-4-2-1-3-5-9)11-7-6-10-8-12(11)16(10)14;1-5(2,3)7-4-6/h6-9H,1-5H2;4H,1-3H3. The minimum atomic E-state index is -0.318. The number of ether oxygens (including phenoxy) is 1. The van der Waals surface area contributed by atoms with E-state index in [0.717, 1.165) is 5.92 Å². The Morgan fingerprint density at radius 2 is 1.91 bits per heavy atom. The number of carbonyl (C=O) groups excluding carboxylic acids is 1. The molecule has 0 spiro atoms. The van der Waals surface area contributed by atoms with E-state index in [0.29, 0.717) is 6.47 Å². The van der Waals surface area contributed by atoms with Crippen LogP contribution in [0, 0.1) is 0 Å². The molecule has 1 saturated carbocycles. The first kappa shape index (κ1) is 16.6. The van der Waals surface area contributed by atoms with Crippen molar-refractivity contribution in [1.82, 2.24) is 4.57 Å². The summed E-state index contributed by atoms with van der Waals surface area (Å²) in [6, 6.07) is 6.84. The van der Waals surface area contributed by atoms with E-state index in [9.17, 15) is 4.79 Å². The molecule has 1 aromatic heterocycles. The molecule has 3 aliphatic rings. The molecule has 4 heteroatoms. The molecular formula is C19H24BrNO2. The number of nitrogens with zero attached hydrogens (tertiary/aromatic N) is 1. The van der Waals surface area contributed by atoms with Crippen LogP contribution in [0.5, 0.6) is 0 Å². The van der Waals surface area contributed by atoms with Crippen LogP contribution in [-0.4, -0.2) is 16.6 Å². The SMILES string of the molecule is Brc1c(C2CCCCC2)c2ccc3cc2n1-3.CC(C)(C)OC=O. The molecule has 0 radical (unpaired) electrons. The van der Waals surface area contributed by atoms with Crippen LogP contribution in [0.25, 0.3) is 16.6 Å². The van der Waals surface area contributed by atoms with Gasteiger partial charge >= 0.3 is 0 Å². The van der Waals surface area contributed by atoms with Gasteiger partial charge in [-0.05, 0) is 73.2 Å². The van der Waals surface area contributed by atoms with Gasteiger partial charge in [-0.1, -0.05) is 25.3 Å². The quantitative estimate of drug-likeness (QED) is 0.535. The van der Waals surface area contributed by atoms with Crippen molar-refractivity contribution in [2.24, 2.45) is 0 Å². The molecule has 3 heterocycles. The number of benzene rings is 1. The number of fused-ring (bicyclic) bond motifs is 1. The highest BCUT2D eigenvalue weighted by Crippen LogP contribution is 2.46. The first-order valence-corrected chi connectivity index (χ1v) is 9.17. The van der Waals surface area contributed by atoms with Crippen molar-refractivity contribution in [2.45, 2.75) is 64.4 Å². The number of rotatable bonds is 2. The predicted molar refractivity (Wildman–Crippen MR) is 97.3 cm³/mol. The van der Waals surface area contributed by atoms with Crippen molar-refractivity contribution in [2.75, 3.05) is 0 Å². The van der Waals surface area contributed by atoms with Gasteiger partial charge in [-0.15, -0.1) is 0 Å². The molecule has 4 bridgehead atoms. The summed E-state index contributed by atoms with van der Waals surface area (Å²) in [6.45, 7) is 5.92. The summed E-state index contributed by atoms with van der Waals surface area (Å²) in [7, 11) is 0. The monoisotopic (exact) mass is 377 g/mol. The number of carbonyl (C=O) groups is 1. The molecule has 0 saturated heterocycles. The van der Waals surface area contributed by atoms with Crippen LogP contribution < -0.4 is 0 Å². The van der Waals surface area contributed by atoms with E-state index < -0.39 is 0 Å². The van der Waals surface area contributed by atoms with Crippen LogP contribution in [0.1, 0.15) is 64.4 Å². The molecule has 1 aromatic carbocycles. The Morgan fingerprint density at radius 1 is 1.22 bits per heavy atom. The van der Waals surface area contributed by atoms with E-state index in [1.54, 1.807) is 5.56 Å². The third-order valence-electron chi connectivity index (χ3n) is 4.60. The van der Waals surface area contributed by atoms with Gasteiger partial charge in [0.25, 0.3) is 6.47 Å². The van der Waals surface area contributed by atoms with Gasteiger partial charge in [-0.3, -0.25) is 4.79 Å². The molecule has 2 aromatic rings. The van der Waals surface area contributed by atoms with Crippen LogP contribution in [0.2, 0.25) is 0 Å². The number of hydrogen-bond acceptors (Lipinski definition) is 2. The minimum Gasteiger partial charge on any atom is -0.462 e. The van der Waals surface area contributed by atoms with Gasteiger partial charge < -0.3 is 9.30 Å². The summed E-state index contributed by atoms with van der Waals surface area (Å²) >= 11 is 3.80. The number of aromatic nitrogens is 1. The Kier molecular flexibility index (Phi) is 4.54. The van der Waals surface area contributed by atoms with Crippen molar-refractivity contribution < 1.29 is 9.53 Å². The van der Waals surface area contributed by atoms with Crippen LogP contribution in [0.4, 0.5) is 0 Å². The fraction of sp³-hybridized carbons (Fsp3) is 0.526. The van der Waals surface area contributed by atoms with E-state index in [-0.39, 0.29) is 5.60 Å². The second-order valence-electron chi connectivity index (χ2n) is 7.40. The zero-order valence-corrected chi connectivity index (χ0v) is 15.6. The van der Waals surface area contributed by atoms with Gasteiger partial charge in [-0.2, -0.15) is 0 Å². The molecule has 0 amide bonds. The van der Waals surface area contributed by atoms with E-state index >= 15 is 0 Å². The maximum Gasteiger partial charge on any atom is 0.293 e. The van der Waals surface area contributed by atoms with Gasteiger partial charge in [0.1, 0.15) is 5.60 Å². The van der Waals surface area contributed by atoms with Crippen LogP contribution >= 0.6 is 15.9 Å². The highest BCUT2D eigenvalue weighted by Gasteiger charge is 2.28. The van der Waals surface area contributed by atoms with Crippen molar-refractivity contribution in [1.29, 1.82) is 0 Å². The summed E-state index contributed by atoms with van der Waals surface area (Å²) in [6.07, 6.45) is 6.98. The fourth-order valence-corrected chi connectivity index (χ4v) is 4.45. The predicted octanol–water partition coefficient (Wildman–Crippen LogP) is 5.71. The lowest BCUT2D eigenvalue weighted by Gasteiger charge is -2.21. The summed E-state index contributed by atoms with van der Waals surface area (Å²) in [5.41, 5.74) is 4.03. The van der Waals surface area contributed by atoms with Gasteiger partial charge in [-0.25, -0.2) is 0 Å². The molecule has 23 heavy (non-hydrogen) atoms. The minimum absolute atomic E-state index is 0.318. The summed E-state index contributed by atoms with van der Waals surface area (Å²) < 4.78 is 8.23. The number of halogens is 1. The largest absolute Gasteiger partial charge is 0.462 e. The van der Waals surface area contributed by atoms with E-state index in [1.165, 1.54) is 53.3 Å². The maximum atomic E-state index is 9.60. The van der Waals surface area contributed by atoms with Crippen LogP contribution in [0.15, 0.2) is 22.8 Å². The number of pyridine rings is 1. The van der Waals surface area contributed by atoms with Crippen LogP contribution in [0.3, 0.4) is 0 Å². The highest BCUT2D eigenvalue weighted by atomic mass is 79.9. The van der Waals surface area contributed by atoms with Gasteiger partial charge in [0.05, 0.1) is 10.1 Å². The molecule has 3 nitrogen and oxygen atoms in total. The Morgan fingerprint density at radius 3 is 2.39 bits per heavy atom. The molecular weight excluding hydrogens is 354 g/mol. The zero-order chi connectivity index (χ0) is 16.6. The fourth-order valence-electron chi connectivity index (χ4n) is 3.52. The second kappa shape index (κ2) is 6.31. The van der Waals surface area contributed by atoms with E-state index in [4.69, 9.17) is 0 Å². The average molecular weight is 378 g/mol. The lowest BCUT2D eigenvalue weighted by Crippen LogP contribution is -2.17. The molecule has 0 atom stereocenters. The van der Waals surface area contributed by atoms with E-state index in [2.05, 4.69) is 43.4 Å². The highest BCUT2D eigenvalue weighted by molar-refractivity contribution is 9.10. The topological polar surface area (TPSA) is 31.2 Å². The normalized spacial score (nSPS) is 16.7. The second-order valence-corrected chi connectivity index (χ2v) is 8.15. The van der Waals surface area contributed by atoms with Gasteiger partial charge in [0, 0.05) is 11.1 Å². The van der Waals surface area contributed by atoms with E-state index in [1.807, 2.05) is 20.8 Å². The molecule has 1 fully saturated rings. The van der Waals surface area contributed by atoms with Crippen molar-refractivity contribution in [3.05, 3.63) is 28.4 Å². The first-order chi connectivity index (χ1) is 10.9. The summed E-state index contributed by atoms with van der Waals surface area (Å²) in [5.74, 6) is 0.786. The zero-order valence-electron chi connectivity index (χ0n) is 14.1.